The maximum Gasteiger partial charge on any atom is 0.160 e. The lowest BCUT2D eigenvalue weighted by molar-refractivity contribution is 0.673. The Bertz CT molecular complexity index is 5030. The molecule has 82 heavy (non-hydrogen) atoms. The third-order valence-electron chi connectivity index (χ3n) is 16.7. The molecule has 5 aromatic heterocycles. The van der Waals surface area contributed by atoms with E-state index < -0.39 is 0 Å². The second kappa shape index (κ2) is 18.2. The highest BCUT2D eigenvalue weighted by molar-refractivity contribution is 6.24. The molecule has 0 radical (unpaired) electrons. The number of hydrogen-bond acceptors (Lipinski definition) is 3. The zero-order valence-corrected chi connectivity index (χ0v) is 44.3. The van der Waals surface area contributed by atoms with Gasteiger partial charge < -0.3 is 18.1 Å². The van der Waals surface area contributed by atoms with Gasteiger partial charge in [0.1, 0.15) is 11.2 Å². The van der Waals surface area contributed by atoms with E-state index in [2.05, 4.69) is 281 Å². The average Bonchev–Trinajstić information content (AvgIpc) is 3.62. The van der Waals surface area contributed by atoms with Crippen molar-refractivity contribution in [2.75, 3.05) is 0 Å². The van der Waals surface area contributed by atoms with Crippen molar-refractivity contribution < 1.29 is 4.42 Å². The number of benzene rings is 12. The largest absolute Gasteiger partial charge is 0.455 e. The zero-order chi connectivity index (χ0) is 53.8. The van der Waals surface area contributed by atoms with Gasteiger partial charge >= 0.3 is 0 Å². The Morgan fingerprint density at radius 2 is 0.671 bits per heavy atom. The normalized spacial score (nSPS) is 11.9. The van der Waals surface area contributed by atoms with E-state index in [-0.39, 0.29) is 0 Å². The van der Waals surface area contributed by atoms with Gasteiger partial charge in [-0.25, -0.2) is 9.97 Å². The van der Waals surface area contributed by atoms with Crippen LogP contribution in [0.3, 0.4) is 0 Å². The van der Waals surface area contributed by atoms with Gasteiger partial charge in [-0.1, -0.05) is 194 Å². The molecule has 382 valence electrons. The molecule has 0 aliphatic heterocycles. The molecule has 6 nitrogen and oxygen atoms in total. The van der Waals surface area contributed by atoms with Crippen molar-refractivity contribution in [1.29, 1.82) is 0 Å². The first kappa shape index (κ1) is 45.9. The van der Waals surface area contributed by atoms with Crippen LogP contribution in [0, 0.1) is 0 Å². The Kier molecular flexibility index (Phi) is 10.2. The Morgan fingerprint density at radius 1 is 0.268 bits per heavy atom. The maximum atomic E-state index is 6.91. The molecule has 0 fully saturated rings. The first-order valence-corrected chi connectivity index (χ1v) is 27.9. The van der Waals surface area contributed by atoms with Crippen LogP contribution in [0.15, 0.2) is 290 Å². The molecule has 0 aliphatic carbocycles. The minimum atomic E-state index is 0.629. The summed E-state index contributed by atoms with van der Waals surface area (Å²) in [6.07, 6.45) is 0. The van der Waals surface area contributed by atoms with Crippen LogP contribution >= 0.6 is 0 Å². The third-order valence-corrected chi connectivity index (χ3v) is 16.7. The summed E-state index contributed by atoms with van der Waals surface area (Å²) in [5.74, 6) is 0.629. The highest BCUT2D eigenvalue weighted by Gasteiger charge is 2.26. The molecule has 0 N–H and O–H groups in total. The predicted molar refractivity (Wildman–Crippen MR) is 340 cm³/mol. The van der Waals surface area contributed by atoms with Crippen molar-refractivity contribution in [1.82, 2.24) is 23.7 Å². The first-order chi connectivity index (χ1) is 40.7. The van der Waals surface area contributed by atoms with Crippen LogP contribution in [0.25, 0.3) is 161 Å². The topological polar surface area (TPSA) is 53.7 Å². The van der Waals surface area contributed by atoms with Gasteiger partial charge in [0, 0.05) is 76.9 Å². The van der Waals surface area contributed by atoms with Gasteiger partial charge in [-0.15, -0.1) is 0 Å². The summed E-state index contributed by atoms with van der Waals surface area (Å²) in [4.78, 5) is 11.0. The van der Waals surface area contributed by atoms with Gasteiger partial charge in [0.15, 0.2) is 5.82 Å². The van der Waals surface area contributed by atoms with Crippen molar-refractivity contribution in [3.63, 3.8) is 0 Å². The fourth-order valence-corrected chi connectivity index (χ4v) is 13.0. The van der Waals surface area contributed by atoms with Crippen LogP contribution in [-0.4, -0.2) is 23.7 Å². The summed E-state index contributed by atoms with van der Waals surface area (Å²) in [5, 5.41) is 9.27. The molecule has 17 rings (SSSR count). The molecular formula is C76H47N5O. The molecule has 0 unspecified atom stereocenters. The Morgan fingerprint density at radius 3 is 1.15 bits per heavy atom. The molecule has 5 heterocycles. The molecule has 0 aliphatic rings. The van der Waals surface area contributed by atoms with E-state index in [1.54, 1.807) is 0 Å². The van der Waals surface area contributed by atoms with Crippen molar-refractivity contribution >= 4 is 87.4 Å². The predicted octanol–water partition coefficient (Wildman–Crippen LogP) is 20.0. The minimum absolute atomic E-state index is 0.629. The highest BCUT2D eigenvalue weighted by atomic mass is 16.3. The SMILES string of the molecule is c1ccc(-c2cc(-c3ccccc3)nc(-c3cc(-c4ccc(-n5c6ccccc6c6ccccc65)cc4)c(-n4c5ccccc5c5c6oc7ccccc7c6ccc54)c(-c4ccc(-n5c6ccccc6c6ccccc65)cc4)c3)n2)cc1. The van der Waals surface area contributed by atoms with Crippen molar-refractivity contribution in [3.05, 3.63) is 285 Å². The summed E-state index contributed by atoms with van der Waals surface area (Å²) in [6.45, 7) is 0. The summed E-state index contributed by atoms with van der Waals surface area (Å²) in [7, 11) is 0. The molecule has 0 saturated carbocycles. The molecule has 12 aromatic carbocycles. The standard InChI is InChI=1S/C76H47N5O/c1-3-19-50(20-4-1)64-47-65(51-21-5-2-6-22-51)78-76(77-64)52-45-62(48-35-39-53(40-36-48)79-66-29-13-7-23-55(66)56-24-8-14-30-67(56)79)74(81-70-33-17-11-28-61(70)73-71(81)44-43-60-59-27-12-18-34-72(59)82-75(60)73)63(46-52)49-37-41-54(42-38-49)80-68-31-15-9-25-57(68)58-26-10-16-32-69(58)80/h1-47H. The van der Waals surface area contributed by atoms with Gasteiger partial charge in [0.25, 0.3) is 0 Å². The highest BCUT2D eigenvalue weighted by Crippen LogP contribution is 2.47. The van der Waals surface area contributed by atoms with Gasteiger partial charge in [-0.05, 0) is 102 Å². The zero-order valence-electron chi connectivity index (χ0n) is 44.3. The summed E-state index contributed by atoms with van der Waals surface area (Å²) >= 11 is 0. The second-order valence-corrected chi connectivity index (χ2v) is 21.2. The maximum absolute atomic E-state index is 6.91. The van der Waals surface area contributed by atoms with E-state index in [1.165, 1.54) is 21.5 Å². The van der Waals surface area contributed by atoms with Gasteiger partial charge in [-0.3, -0.25) is 0 Å². The van der Waals surface area contributed by atoms with E-state index in [1.807, 2.05) is 18.2 Å². The van der Waals surface area contributed by atoms with Gasteiger partial charge in [0.2, 0.25) is 0 Å². The second-order valence-electron chi connectivity index (χ2n) is 21.2. The lowest BCUT2D eigenvalue weighted by atomic mass is 9.92. The summed E-state index contributed by atoms with van der Waals surface area (Å²) in [5.41, 5.74) is 20.5. The molecule has 17 aromatic rings. The molecule has 6 heteroatoms. The van der Waals surface area contributed by atoms with E-state index in [0.717, 1.165) is 133 Å². The van der Waals surface area contributed by atoms with Crippen LogP contribution in [0.4, 0.5) is 0 Å². The van der Waals surface area contributed by atoms with E-state index in [9.17, 15) is 0 Å². The number of nitrogens with zero attached hydrogens (tertiary/aromatic N) is 5. The molecular weight excluding hydrogens is 999 g/mol. The minimum Gasteiger partial charge on any atom is -0.455 e. The number of hydrogen-bond donors (Lipinski definition) is 0. The average molecular weight is 1050 g/mol. The summed E-state index contributed by atoms with van der Waals surface area (Å²) < 4.78 is 14.2. The monoisotopic (exact) mass is 1050 g/mol. The number of aromatic nitrogens is 5. The van der Waals surface area contributed by atoms with Crippen molar-refractivity contribution in [2.24, 2.45) is 0 Å². The van der Waals surface area contributed by atoms with E-state index in [0.29, 0.717) is 5.82 Å². The first-order valence-electron chi connectivity index (χ1n) is 27.9. The quantitative estimate of drug-likeness (QED) is 0.152. The van der Waals surface area contributed by atoms with Crippen LogP contribution in [0.2, 0.25) is 0 Å². The van der Waals surface area contributed by atoms with Gasteiger partial charge in [0.05, 0.1) is 55.6 Å². The Hall–Kier alpha value is -11.1. The number of furan rings is 1. The van der Waals surface area contributed by atoms with E-state index in [4.69, 9.17) is 14.4 Å². The molecule has 0 spiro atoms. The molecule has 0 saturated heterocycles. The molecule has 0 amide bonds. The number of fused-ring (bicyclic) bond motifs is 13. The Labute approximate surface area is 471 Å². The fourth-order valence-electron chi connectivity index (χ4n) is 13.0. The van der Waals surface area contributed by atoms with Crippen LogP contribution in [0.1, 0.15) is 0 Å². The lowest BCUT2D eigenvalue weighted by Crippen LogP contribution is -2.03. The molecule has 0 atom stereocenters. The third kappa shape index (κ3) is 7.08. The Balaban J connectivity index is 0.976. The van der Waals surface area contributed by atoms with E-state index >= 15 is 0 Å². The lowest BCUT2D eigenvalue weighted by Gasteiger charge is -2.22. The van der Waals surface area contributed by atoms with Crippen molar-refractivity contribution in [2.45, 2.75) is 0 Å². The van der Waals surface area contributed by atoms with Crippen LogP contribution < -0.4 is 0 Å². The smallest absolute Gasteiger partial charge is 0.160 e. The number of rotatable bonds is 8. The van der Waals surface area contributed by atoms with Crippen LogP contribution in [0.5, 0.6) is 0 Å². The van der Waals surface area contributed by atoms with Gasteiger partial charge in [-0.2, -0.15) is 0 Å². The van der Waals surface area contributed by atoms with Crippen molar-refractivity contribution in [3.8, 4) is 73.2 Å². The molecule has 0 bridgehead atoms. The fraction of sp³-hybridized carbons (Fsp3) is 0. The summed E-state index contributed by atoms with van der Waals surface area (Å²) in [6, 6.07) is 102. The number of para-hydroxylation sites is 6. The van der Waals surface area contributed by atoms with Crippen LogP contribution in [-0.2, 0) is 0 Å².